The monoisotopic (exact) mass is 267 g/mol. The molecule has 1 aromatic rings. The van der Waals surface area contributed by atoms with Crippen molar-refractivity contribution in [1.29, 1.82) is 0 Å². The van der Waals surface area contributed by atoms with Crippen LogP contribution in [-0.2, 0) is 0 Å². The Balaban J connectivity index is 2.65. The number of rotatable bonds is 4. The third kappa shape index (κ3) is 3.65. The molecule has 3 nitrogen and oxygen atoms in total. The van der Waals surface area contributed by atoms with E-state index in [1.165, 1.54) is 6.07 Å². The summed E-state index contributed by atoms with van der Waals surface area (Å²) in [6, 6.07) is 1.45. The summed E-state index contributed by atoms with van der Waals surface area (Å²) in [5.74, 6) is -0.260. The van der Waals surface area contributed by atoms with Gasteiger partial charge >= 0.3 is 0 Å². The zero-order chi connectivity index (χ0) is 11.4. The molecule has 15 heavy (non-hydrogen) atoms. The Labute approximate surface area is 102 Å². The lowest BCUT2D eigenvalue weighted by Crippen LogP contribution is -2.33. The molecule has 0 spiro atoms. The van der Waals surface area contributed by atoms with Crippen LogP contribution in [0.4, 0.5) is 0 Å². The van der Waals surface area contributed by atoms with Crippen LogP contribution in [0.3, 0.4) is 0 Å². The van der Waals surface area contributed by atoms with Crippen molar-refractivity contribution in [2.24, 2.45) is 0 Å². The van der Waals surface area contributed by atoms with Crippen LogP contribution in [0.2, 0.25) is 8.67 Å². The Hall–Kier alpha value is -0.290. The maximum absolute atomic E-state index is 11.6. The van der Waals surface area contributed by atoms with Gasteiger partial charge in [-0.3, -0.25) is 4.79 Å². The van der Waals surface area contributed by atoms with E-state index in [1.807, 2.05) is 6.92 Å². The highest BCUT2D eigenvalue weighted by atomic mass is 35.5. The Morgan fingerprint density at radius 2 is 2.33 bits per heavy atom. The number of amides is 1. The highest BCUT2D eigenvalue weighted by Gasteiger charge is 2.15. The minimum Gasteiger partial charge on any atom is -0.396 e. The summed E-state index contributed by atoms with van der Waals surface area (Å²) < 4.78 is 0.869. The van der Waals surface area contributed by atoms with E-state index >= 15 is 0 Å². The third-order valence-corrected chi connectivity index (χ3v) is 3.33. The predicted molar refractivity (Wildman–Crippen MR) is 63.0 cm³/mol. The number of carbonyl (C=O) groups is 1. The van der Waals surface area contributed by atoms with Gasteiger partial charge in [-0.2, -0.15) is 0 Å². The standard InChI is InChI=1S/C9H11Cl2NO2S/c1-5(2-3-13)12-9(14)6-4-7(10)15-8(6)11/h4-5,13H,2-3H2,1H3,(H,12,14). The molecule has 0 radical (unpaired) electrons. The van der Waals surface area contributed by atoms with Crippen LogP contribution in [-0.4, -0.2) is 23.7 Å². The average molecular weight is 268 g/mol. The second-order valence-electron chi connectivity index (χ2n) is 3.12. The van der Waals surface area contributed by atoms with Crippen LogP contribution in [0.5, 0.6) is 0 Å². The van der Waals surface area contributed by atoms with Gasteiger partial charge in [0.05, 0.1) is 9.90 Å². The molecule has 0 fully saturated rings. The Kier molecular flexibility index (Phi) is 4.86. The van der Waals surface area contributed by atoms with E-state index < -0.39 is 0 Å². The topological polar surface area (TPSA) is 49.3 Å². The largest absolute Gasteiger partial charge is 0.396 e. The quantitative estimate of drug-likeness (QED) is 0.881. The van der Waals surface area contributed by atoms with Crippen molar-refractivity contribution in [2.45, 2.75) is 19.4 Å². The number of aliphatic hydroxyl groups excluding tert-OH is 1. The fourth-order valence-electron chi connectivity index (χ4n) is 1.06. The van der Waals surface area contributed by atoms with Gasteiger partial charge < -0.3 is 10.4 Å². The van der Waals surface area contributed by atoms with Crippen molar-refractivity contribution in [2.75, 3.05) is 6.61 Å². The van der Waals surface area contributed by atoms with Crippen molar-refractivity contribution in [1.82, 2.24) is 5.32 Å². The first kappa shape index (κ1) is 12.8. The van der Waals surface area contributed by atoms with Crippen molar-refractivity contribution in [3.05, 3.63) is 20.3 Å². The summed E-state index contributed by atoms with van der Waals surface area (Å²) in [5, 5.41) is 11.4. The Bertz CT molecular complexity index is 354. The van der Waals surface area contributed by atoms with E-state index in [4.69, 9.17) is 28.3 Å². The van der Waals surface area contributed by atoms with Crippen molar-refractivity contribution >= 4 is 40.4 Å². The number of nitrogens with one attached hydrogen (secondary N) is 1. The molecule has 0 saturated heterocycles. The SMILES string of the molecule is CC(CCO)NC(=O)c1cc(Cl)sc1Cl. The maximum atomic E-state index is 11.6. The van der Waals surface area contributed by atoms with Crippen LogP contribution in [0.1, 0.15) is 23.7 Å². The lowest BCUT2D eigenvalue weighted by Gasteiger charge is -2.11. The predicted octanol–water partition coefficient (Wildman–Crippen LogP) is 2.56. The summed E-state index contributed by atoms with van der Waals surface area (Å²) in [7, 11) is 0. The average Bonchev–Trinajstić information content (AvgIpc) is 2.45. The zero-order valence-electron chi connectivity index (χ0n) is 8.09. The second kappa shape index (κ2) is 5.70. The van der Waals surface area contributed by atoms with Gasteiger partial charge in [0.1, 0.15) is 4.34 Å². The molecule has 84 valence electrons. The van der Waals surface area contributed by atoms with Gasteiger partial charge in [0.2, 0.25) is 0 Å². The molecule has 1 atom stereocenters. The number of aliphatic hydroxyl groups is 1. The van der Waals surface area contributed by atoms with Crippen LogP contribution < -0.4 is 5.32 Å². The number of thiophene rings is 1. The molecule has 1 amide bonds. The molecular weight excluding hydrogens is 257 g/mol. The van der Waals surface area contributed by atoms with Gasteiger partial charge in [0.25, 0.3) is 5.91 Å². The van der Waals surface area contributed by atoms with E-state index in [1.54, 1.807) is 0 Å². The van der Waals surface area contributed by atoms with E-state index in [2.05, 4.69) is 5.32 Å². The molecule has 0 aliphatic rings. The summed E-state index contributed by atoms with van der Waals surface area (Å²) in [6.07, 6.45) is 0.515. The number of hydrogen-bond donors (Lipinski definition) is 2. The van der Waals surface area contributed by atoms with Gasteiger partial charge in [0.15, 0.2) is 0 Å². The summed E-state index contributed by atoms with van der Waals surface area (Å²) in [5.41, 5.74) is 0.386. The first-order valence-electron chi connectivity index (χ1n) is 4.41. The van der Waals surface area contributed by atoms with Gasteiger partial charge in [-0.15, -0.1) is 11.3 Å². The number of hydrogen-bond acceptors (Lipinski definition) is 3. The fourth-order valence-corrected chi connectivity index (χ4v) is 2.52. The molecule has 0 saturated carbocycles. The zero-order valence-corrected chi connectivity index (χ0v) is 10.4. The molecule has 1 unspecified atom stereocenters. The maximum Gasteiger partial charge on any atom is 0.253 e. The first-order valence-corrected chi connectivity index (χ1v) is 5.98. The smallest absolute Gasteiger partial charge is 0.253 e. The van der Waals surface area contributed by atoms with Crippen LogP contribution >= 0.6 is 34.5 Å². The van der Waals surface area contributed by atoms with Gasteiger partial charge in [-0.1, -0.05) is 23.2 Å². The molecular formula is C9H11Cl2NO2S. The minimum atomic E-state index is -0.260. The highest BCUT2D eigenvalue weighted by molar-refractivity contribution is 7.20. The third-order valence-electron chi connectivity index (χ3n) is 1.84. The van der Waals surface area contributed by atoms with Crippen molar-refractivity contribution in [3.8, 4) is 0 Å². The second-order valence-corrected chi connectivity index (χ2v) is 5.41. The molecule has 0 aliphatic carbocycles. The van der Waals surface area contributed by atoms with Crippen molar-refractivity contribution < 1.29 is 9.90 Å². The summed E-state index contributed by atoms with van der Waals surface area (Å²) >= 11 is 12.7. The molecule has 2 N–H and O–H groups in total. The van der Waals surface area contributed by atoms with Crippen molar-refractivity contribution in [3.63, 3.8) is 0 Å². The fraction of sp³-hybridized carbons (Fsp3) is 0.444. The normalized spacial score (nSPS) is 12.5. The van der Waals surface area contributed by atoms with E-state index in [9.17, 15) is 4.79 Å². The van der Waals surface area contributed by atoms with E-state index in [0.717, 1.165) is 11.3 Å². The summed E-state index contributed by atoms with van der Waals surface area (Å²) in [6.45, 7) is 1.86. The van der Waals surface area contributed by atoms with Gasteiger partial charge in [0, 0.05) is 12.6 Å². The minimum absolute atomic E-state index is 0.0412. The molecule has 1 heterocycles. The molecule has 0 aromatic carbocycles. The van der Waals surface area contributed by atoms with Gasteiger partial charge in [-0.25, -0.2) is 0 Å². The lowest BCUT2D eigenvalue weighted by atomic mass is 10.2. The summed E-state index contributed by atoms with van der Waals surface area (Å²) in [4.78, 5) is 11.6. The van der Waals surface area contributed by atoms with Gasteiger partial charge in [-0.05, 0) is 19.4 Å². The number of halogens is 2. The van der Waals surface area contributed by atoms with Crippen LogP contribution in [0.25, 0.3) is 0 Å². The molecule has 1 aromatic heterocycles. The van der Waals surface area contributed by atoms with Crippen LogP contribution in [0, 0.1) is 0 Å². The Morgan fingerprint density at radius 1 is 1.67 bits per heavy atom. The molecule has 6 heteroatoms. The lowest BCUT2D eigenvalue weighted by molar-refractivity contribution is 0.0935. The molecule has 0 aliphatic heterocycles. The molecule has 0 bridgehead atoms. The van der Waals surface area contributed by atoms with Crippen LogP contribution in [0.15, 0.2) is 6.07 Å². The van der Waals surface area contributed by atoms with E-state index in [-0.39, 0.29) is 18.6 Å². The first-order chi connectivity index (χ1) is 7.04. The Morgan fingerprint density at radius 3 is 2.80 bits per heavy atom. The highest BCUT2D eigenvalue weighted by Crippen LogP contribution is 2.30. The van der Waals surface area contributed by atoms with E-state index in [0.29, 0.717) is 20.7 Å². The molecule has 1 rings (SSSR count). The number of carbonyl (C=O) groups excluding carboxylic acids is 1.